The number of carbonyl (C=O) groups is 1. The van der Waals surface area contributed by atoms with Gasteiger partial charge in [-0.3, -0.25) is 13.8 Å². The molecule has 3 N–H and O–H groups in total. The summed E-state index contributed by atoms with van der Waals surface area (Å²) >= 11 is 0. The third-order valence-electron chi connectivity index (χ3n) is 14.0. The molecular weight excluding hydrogens is 912 g/mol. The van der Waals surface area contributed by atoms with Gasteiger partial charge in [-0.1, -0.05) is 268 Å². The first-order valence-corrected chi connectivity index (χ1v) is 32.5. The van der Waals surface area contributed by atoms with Crippen LogP contribution in [0, 0.1) is 0 Å². The van der Waals surface area contributed by atoms with Crippen LogP contribution < -0.4 is 5.32 Å². The van der Waals surface area contributed by atoms with E-state index in [2.05, 4.69) is 55.6 Å². The van der Waals surface area contributed by atoms with Gasteiger partial charge < -0.3 is 19.8 Å². The van der Waals surface area contributed by atoms with Gasteiger partial charge in [0.15, 0.2) is 0 Å². The number of phosphoric acid groups is 1. The number of aliphatic hydroxyl groups is 1. The number of aliphatic hydroxyl groups excluding tert-OH is 1. The van der Waals surface area contributed by atoms with Crippen molar-refractivity contribution in [1.82, 2.24) is 5.32 Å². The molecule has 424 valence electrons. The summed E-state index contributed by atoms with van der Waals surface area (Å²) in [6, 6.07) is -0.872. The number of hydrogen-bond acceptors (Lipinski definition) is 5. The van der Waals surface area contributed by atoms with Crippen LogP contribution in [0.5, 0.6) is 0 Å². The molecule has 72 heavy (non-hydrogen) atoms. The molecule has 0 aromatic heterocycles. The minimum absolute atomic E-state index is 0.0531. The highest BCUT2D eigenvalue weighted by atomic mass is 31.2. The molecule has 0 heterocycles. The van der Waals surface area contributed by atoms with E-state index < -0.39 is 20.0 Å². The first-order valence-electron chi connectivity index (χ1n) is 31.0. The molecule has 0 saturated heterocycles. The van der Waals surface area contributed by atoms with Gasteiger partial charge in [-0.05, 0) is 70.6 Å². The molecule has 0 rings (SSSR count). The number of amides is 1. The summed E-state index contributed by atoms with van der Waals surface area (Å²) in [5.74, 6) is -0.189. The lowest BCUT2D eigenvalue weighted by molar-refractivity contribution is -0.870. The Hall–Kier alpha value is -1.54. The van der Waals surface area contributed by atoms with Crippen LogP contribution in [-0.4, -0.2) is 73.4 Å². The molecule has 0 aliphatic carbocycles. The quantitative estimate of drug-likeness (QED) is 0.0243. The van der Waals surface area contributed by atoms with E-state index in [1.54, 1.807) is 6.08 Å². The van der Waals surface area contributed by atoms with Gasteiger partial charge in [0.05, 0.1) is 39.9 Å². The Labute approximate surface area is 448 Å². The second kappa shape index (κ2) is 54.3. The summed E-state index contributed by atoms with van der Waals surface area (Å²) in [7, 11) is 1.55. The number of hydrogen-bond donors (Lipinski definition) is 3. The summed E-state index contributed by atoms with van der Waals surface area (Å²) < 4.78 is 23.7. The van der Waals surface area contributed by atoms with Crippen LogP contribution in [0.4, 0.5) is 0 Å². The maximum atomic E-state index is 13.0. The topological polar surface area (TPSA) is 105 Å². The Kier molecular flexibility index (Phi) is 53.1. The number of nitrogens with zero attached hydrogens (tertiary/aromatic N) is 1. The van der Waals surface area contributed by atoms with Crippen LogP contribution in [0.1, 0.15) is 296 Å². The number of phosphoric ester groups is 1. The zero-order valence-corrected chi connectivity index (χ0v) is 49.3. The molecule has 3 unspecified atom stereocenters. The first-order chi connectivity index (χ1) is 35.0. The molecule has 0 aromatic rings. The van der Waals surface area contributed by atoms with Crippen molar-refractivity contribution in [2.24, 2.45) is 0 Å². The number of quaternary nitrogens is 1. The largest absolute Gasteiger partial charge is 0.472 e. The summed E-state index contributed by atoms with van der Waals surface area (Å²) in [5, 5.41) is 13.9. The Balaban J connectivity index is 4.23. The van der Waals surface area contributed by atoms with Crippen molar-refractivity contribution in [1.29, 1.82) is 0 Å². The molecule has 0 aliphatic heterocycles. The van der Waals surface area contributed by atoms with Gasteiger partial charge in [0.1, 0.15) is 13.2 Å². The first kappa shape index (κ1) is 70.5. The SMILES string of the molecule is CCCCCCCCCCCCCC/C=C\CCCCCCCCCCCCC(=O)NC(COP(=O)(O)OCC[N+](C)(C)C)C(O)/C=C/CC/C=C/CC/C=C/CCCCCCCCCCCCCCCC. The van der Waals surface area contributed by atoms with Gasteiger partial charge in [-0.25, -0.2) is 4.57 Å². The summed E-state index contributed by atoms with van der Waals surface area (Å²) in [5.41, 5.74) is 0. The molecule has 9 heteroatoms. The van der Waals surface area contributed by atoms with Gasteiger partial charge in [-0.15, -0.1) is 0 Å². The van der Waals surface area contributed by atoms with E-state index in [1.807, 2.05) is 27.2 Å². The van der Waals surface area contributed by atoms with E-state index in [-0.39, 0.29) is 19.1 Å². The van der Waals surface area contributed by atoms with Crippen LogP contribution in [-0.2, 0) is 18.4 Å². The van der Waals surface area contributed by atoms with Crippen LogP contribution in [0.25, 0.3) is 0 Å². The number of likely N-dealkylation sites (N-methyl/N-ethyl adjacent to an activating group) is 1. The molecule has 0 fully saturated rings. The second-order valence-corrected chi connectivity index (χ2v) is 23.9. The van der Waals surface area contributed by atoms with Gasteiger partial charge in [0, 0.05) is 6.42 Å². The van der Waals surface area contributed by atoms with Crippen molar-refractivity contribution in [3.63, 3.8) is 0 Å². The lowest BCUT2D eigenvalue weighted by Crippen LogP contribution is -2.45. The van der Waals surface area contributed by atoms with E-state index in [9.17, 15) is 19.4 Å². The third kappa shape index (κ3) is 56.2. The zero-order chi connectivity index (χ0) is 52.7. The highest BCUT2D eigenvalue weighted by Crippen LogP contribution is 2.43. The Morgan fingerprint density at radius 1 is 0.458 bits per heavy atom. The normalized spacial score (nSPS) is 14.2. The van der Waals surface area contributed by atoms with Gasteiger partial charge >= 0.3 is 7.82 Å². The highest BCUT2D eigenvalue weighted by molar-refractivity contribution is 7.47. The zero-order valence-electron chi connectivity index (χ0n) is 48.4. The molecule has 3 atom stereocenters. The molecule has 0 aliphatic rings. The number of rotatable bonds is 57. The summed E-state index contributed by atoms with van der Waals surface area (Å²) in [6.07, 6.45) is 72.3. The fraction of sp³-hybridized carbons (Fsp3) is 0.857. The van der Waals surface area contributed by atoms with Crippen LogP contribution in [0.3, 0.4) is 0 Å². The molecular formula is C63H122N2O6P+. The molecule has 8 nitrogen and oxygen atoms in total. The van der Waals surface area contributed by atoms with Crippen LogP contribution >= 0.6 is 7.82 Å². The highest BCUT2D eigenvalue weighted by Gasteiger charge is 2.27. The van der Waals surface area contributed by atoms with E-state index >= 15 is 0 Å². The Bertz CT molecular complexity index is 1310. The second-order valence-electron chi connectivity index (χ2n) is 22.4. The van der Waals surface area contributed by atoms with E-state index in [4.69, 9.17) is 9.05 Å². The monoisotopic (exact) mass is 1030 g/mol. The van der Waals surface area contributed by atoms with E-state index in [0.29, 0.717) is 17.4 Å². The summed E-state index contributed by atoms with van der Waals surface area (Å²) in [6.45, 7) is 4.82. The standard InChI is InChI=1S/C63H121N2O6P/c1-6-8-10-12-14-16-18-20-22-24-26-28-30-32-33-35-37-39-41-43-45-47-49-51-53-55-57-63(67)64-61(60-71-72(68,69)70-59-58-65(3,4)5)62(66)56-54-52-50-48-46-44-42-40-38-36-34-31-29-27-25-23-21-19-17-15-13-11-9-7-2/h32-33,38,40,46,48,54,56,61-62,66H,6-31,34-37,39,41-45,47,49-53,55,57-60H2,1-5H3,(H-,64,67,68,69)/p+1/b33-32-,40-38+,48-46+,56-54+. The van der Waals surface area contributed by atoms with E-state index in [0.717, 1.165) is 44.9 Å². The molecule has 0 radical (unpaired) electrons. The van der Waals surface area contributed by atoms with Crippen molar-refractivity contribution < 1.29 is 32.9 Å². The van der Waals surface area contributed by atoms with Crippen molar-refractivity contribution in [3.05, 3.63) is 48.6 Å². The maximum Gasteiger partial charge on any atom is 0.472 e. The van der Waals surface area contributed by atoms with Crippen LogP contribution in [0.2, 0.25) is 0 Å². The average molecular weight is 1030 g/mol. The summed E-state index contributed by atoms with van der Waals surface area (Å²) in [4.78, 5) is 23.3. The molecule has 0 saturated carbocycles. The Morgan fingerprint density at radius 3 is 1.11 bits per heavy atom. The predicted molar refractivity (Wildman–Crippen MR) is 314 cm³/mol. The van der Waals surface area contributed by atoms with Crippen molar-refractivity contribution >= 4 is 13.7 Å². The van der Waals surface area contributed by atoms with Crippen molar-refractivity contribution in [3.8, 4) is 0 Å². The van der Waals surface area contributed by atoms with Crippen molar-refractivity contribution in [2.45, 2.75) is 309 Å². The number of nitrogens with one attached hydrogen (secondary N) is 1. The maximum absolute atomic E-state index is 13.0. The molecule has 1 amide bonds. The minimum atomic E-state index is -4.36. The lowest BCUT2D eigenvalue weighted by atomic mass is 10.0. The molecule has 0 spiro atoms. The smallest absolute Gasteiger partial charge is 0.387 e. The lowest BCUT2D eigenvalue weighted by Gasteiger charge is -2.25. The average Bonchev–Trinajstić information content (AvgIpc) is 3.34. The van der Waals surface area contributed by atoms with Gasteiger partial charge in [0.2, 0.25) is 5.91 Å². The fourth-order valence-corrected chi connectivity index (χ4v) is 9.87. The number of unbranched alkanes of at least 4 members (excludes halogenated alkanes) is 38. The fourth-order valence-electron chi connectivity index (χ4n) is 9.13. The van der Waals surface area contributed by atoms with E-state index in [1.165, 1.54) is 231 Å². The Morgan fingerprint density at radius 2 is 0.764 bits per heavy atom. The van der Waals surface area contributed by atoms with Gasteiger partial charge in [0.25, 0.3) is 0 Å². The molecule has 0 bridgehead atoms. The van der Waals surface area contributed by atoms with Crippen LogP contribution in [0.15, 0.2) is 48.6 Å². The van der Waals surface area contributed by atoms with Crippen molar-refractivity contribution in [2.75, 3.05) is 40.9 Å². The molecule has 0 aromatic carbocycles. The third-order valence-corrected chi connectivity index (χ3v) is 15.0. The predicted octanol–water partition coefficient (Wildman–Crippen LogP) is 19.1. The minimum Gasteiger partial charge on any atom is -0.387 e. The van der Waals surface area contributed by atoms with Gasteiger partial charge in [-0.2, -0.15) is 0 Å². The number of carbonyl (C=O) groups excluding carboxylic acids is 1. The number of allylic oxidation sites excluding steroid dienone is 7.